The van der Waals surface area contributed by atoms with Crippen molar-refractivity contribution >= 4 is 11.5 Å². The van der Waals surface area contributed by atoms with Gasteiger partial charge < -0.3 is 10.1 Å². The largest absolute Gasteiger partial charge is 0.376 e. The summed E-state index contributed by atoms with van der Waals surface area (Å²) >= 11 is 0. The highest BCUT2D eigenvalue weighted by Crippen LogP contribution is 2.23. The standard InChI is InChI=1S/C12H14N4O3/c13-6-9-5-11(16(17)18)12(14-7-9)15-8-10-3-1-2-4-19-10/h5,7,10H,1-4,8H2,(H,14,15). The number of aromatic nitrogens is 1. The molecule has 1 fully saturated rings. The molecule has 0 radical (unpaired) electrons. The lowest BCUT2D eigenvalue weighted by atomic mass is 10.1. The molecule has 1 aromatic rings. The fourth-order valence-corrected chi connectivity index (χ4v) is 1.97. The van der Waals surface area contributed by atoms with E-state index in [9.17, 15) is 10.1 Å². The number of nitrogens with one attached hydrogen (secondary N) is 1. The summed E-state index contributed by atoms with van der Waals surface area (Å²) in [4.78, 5) is 14.3. The molecular formula is C12H14N4O3. The lowest BCUT2D eigenvalue weighted by molar-refractivity contribution is -0.384. The molecule has 7 heteroatoms. The van der Waals surface area contributed by atoms with Crippen LogP contribution >= 0.6 is 0 Å². The van der Waals surface area contributed by atoms with E-state index in [0.717, 1.165) is 25.9 Å². The van der Waals surface area contributed by atoms with Crippen LogP contribution in [0.15, 0.2) is 12.3 Å². The average Bonchev–Trinajstić information content (AvgIpc) is 2.46. The summed E-state index contributed by atoms with van der Waals surface area (Å²) in [6.45, 7) is 1.22. The third-order valence-electron chi connectivity index (χ3n) is 2.96. The molecule has 0 bridgehead atoms. The first-order valence-corrected chi connectivity index (χ1v) is 6.10. The molecule has 1 aliphatic heterocycles. The van der Waals surface area contributed by atoms with Crippen molar-refractivity contribution in [2.24, 2.45) is 0 Å². The maximum Gasteiger partial charge on any atom is 0.312 e. The summed E-state index contributed by atoms with van der Waals surface area (Å²) in [6, 6.07) is 3.05. The van der Waals surface area contributed by atoms with Crippen molar-refractivity contribution in [3.63, 3.8) is 0 Å². The van der Waals surface area contributed by atoms with Gasteiger partial charge in [-0.15, -0.1) is 0 Å². The van der Waals surface area contributed by atoms with Gasteiger partial charge in [-0.2, -0.15) is 5.26 Å². The van der Waals surface area contributed by atoms with E-state index in [-0.39, 0.29) is 23.2 Å². The Morgan fingerprint density at radius 1 is 1.63 bits per heavy atom. The van der Waals surface area contributed by atoms with Crippen molar-refractivity contribution in [1.82, 2.24) is 4.98 Å². The van der Waals surface area contributed by atoms with Crippen LogP contribution in [0.5, 0.6) is 0 Å². The van der Waals surface area contributed by atoms with Crippen LogP contribution in [-0.4, -0.2) is 29.2 Å². The first-order chi connectivity index (χ1) is 9.20. The molecule has 100 valence electrons. The van der Waals surface area contributed by atoms with E-state index >= 15 is 0 Å². The van der Waals surface area contributed by atoms with E-state index in [1.54, 1.807) is 0 Å². The maximum absolute atomic E-state index is 10.9. The molecule has 1 saturated heterocycles. The van der Waals surface area contributed by atoms with Gasteiger partial charge in [-0.25, -0.2) is 4.98 Å². The lowest BCUT2D eigenvalue weighted by Crippen LogP contribution is -2.27. The van der Waals surface area contributed by atoms with Gasteiger partial charge >= 0.3 is 5.69 Å². The number of nitro groups is 1. The monoisotopic (exact) mass is 262 g/mol. The van der Waals surface area contributed by atoms with E-state index in [1.165, 1.54) is 12.3 Å². The maximum atomic E-state index is 10.9. The summed E-state index contributed by atoms with van der Waals surface area (Å²) in [5.74, 6) is 0.179. The first kappa shape index (κ1) is 13.2. The number of hydrogen-bond donors (Lipinski definition) is 1. The Labute approximate surface area is 110 Å². The summed E-state index contributed by atoms with van der Waals surface area (Å²) in [7, 11) is 0. The Balaban J connectivity index is 2.06. The quantitative estimate of drug-likeness (QED) is 0.656. The molecule has 2 rings (SSSR count). The average molecular weight is 262 g/mol. The molecule has 1 aliphatic rings. The van der Waals surface area contributed by atoms with E-state index in [0.29, 0.717) is 6.54 Å². The third kappa shape index (κ3) is 3.39. The van der Waals surface area contributed by atoms with Gasteiger partial charge in [-0.1, -0.05) is 0 Å². The molecule has 0 saturated carbocycles. The van der Waals surface area contributed by atoms with Crippen LogP contribution in [0.1, 0.15) is 24.8 Å². The normalized spacial score (nSPS) is 18.6. The molecule has 2 heterocycles. The van der Waals surface area contributed by atoms with Crippen LogP contribution in [-0.2, 0) is 4.74 Å². The second kappa shape index (κ2) is 6.11. The highest BCUT2D eigenvalue weighted by molar-refractivity contribution is 5.58. The number of ether oxygens (including phenoxy) is 1. The van der Waals surface area contributed by atoms with Gasteiger partial charge in [0.05, 0.1) is 16.6 Å². The topological polar surface area (TPSA) is 101 Å². The van der Waals surface area contributed by atoms with Crippen molar-refractivity contribution in [2.45, 2.75) is 25.4 Å². The highest BCUT2D eigenvalue weighted by Gasteiger charge is 2.19. The molecule has 1 N–H and O–H groups in total. The Hall–Kier alpha value is -2.20. The predicted octanol–water partition coefficient (Wildman–Crippen LogP) is 1.84. The fraction of sp³-hybridized carbons (Fsp3) is 0.500. The second-order valence-corrected chi connectivity index (χ2v) is 4.33. The van der Waals surface area contributed by atoms with Gasteiger partial charge in [0, 0.05) is 25.4 Å². The zero-order chi connectivity index (χ0) is 13.7. The van der Waals surface area contributed by atoms with Crippen LogP contribution in [0.25, 0.3) is 0 Å². The number of hydrogen-bond acceptors (Lipinski definition) is 6. The van der Waals surface area contributed by atoms with Crippen molar-refractivity contribution in [3.8, 4) is 6.07 Å². The Morgan fingerprint density at radius 3 is 3.11 bits per heavy atom. The number of rotatable bonds is 4. The van der Waals surface area contributed by atoms with Crippen LogP contribution < -0.4 is 5.32 Å². The van der Waals surface area contributed by atoms with Gasteiger partial charge in [-0.3, -0.25) is 10.1 Å². The van der Waals surface area contributed by atoms with Crippen LogP contribution in [0.2, 0.25) is 0 Å². The molecular weight excluding hydrogens is 248 g/mol. The Morgan fingerprint density at radius 2 is 2.47 bits per heavy atom. The molecule has 0 aliphatic carbocycles. The van der Waals surface area contributed by atoms with E-state index < -0.39 is 4.92 Å². The summed E-state index contributed by atoms with van der Waals surface area (Å²) in [5.41, 5.74) is -0.0129. The summed E-state index contributed by atoms with van der Waals surface area (Å²) < 4.78 is 5.53. The Bertz CT molecular complexity index is 506. The van der Waals surface area contributed by atoms with E-state index in [4.69, 9.17) is 10.00 Å². The minimum atomic E-state index is -0.544. The number of anilines is 1. The SMILES string of the molecule is N#Cc1cnc(NCC2CCCCO2)c([N+](=O)[O-])c1. The number of nitriles is 1. The van der Waals surface area contributed by atoms with Gasteiger partial charge in [-0.05, 0) is 19.3 Å². The molecule has 19 heavy (non-hydrogen) atoms. The number of nitrogens with zero attached hydrogens (tertiary/aromatic N) is 3. The van der Waals surface area contributed by atoms with E-state index in [2.05, 4.69) is 10.3 Å². The first-order valence-electron chi connectivity index (χ1n) is 6.10. The molecule has 1 aromatic heterocycles. The molecule has 0 aromatic carbocycles. The Kier molecular flexibility index (Phi) is 4.26. The van der Waals surface area contributed by atoms with Gasteiger partial charge in [0.25, 0.3) is 0 Å². The minimum Gasteiger partial charge on any atom is -0.376 e. The molecule has 1 atom stereocenters. The molecule has 1 unspecified atom stereocenters. The predicted molar refractivity (Wildman–Crippen MR) is 67.7 cm³/mol. The zero-order valence-corrected chi connectivity index (χ0v) is 10.3. The minimum absolute atomic E-state index is 0.0609. The van der Waals surface area contributed by atoms with Crippen molar-refractivity contribution < 1.29 is 9.66 Å². The van der Waals surface area contributed by atoms with Gasteiger partial charge in [0.2, 0.25) is 5.82 Å². The summed E-state index contributed by atoms with van der Waals surface area (Å²) in [6.07, 6.45) is 4.49. The molecule has 0 spiro atoms. The smallest absolute Gasteiger partial charge is 0.312 e. The van der Waals surface area contributed by atoms with E-state index in [1.807, 2.05) is 6.07 Å². The van der Waals surface area contributed by atoms with Crippen LogP contribution in [0.4, 0.5) is 11.5 Å². The molecule has 7 nitrogen and oxygen atoms in total. The second-order valence-electron chi connectivity index (χ2n) is 4.33. The van der Waals surface area contributed by atoms with Gasteiger partial charge in [0.15, 0.2) is 0 Å². The highest BCUT2D eigenvalue weighted by atomic mass is 16.6. The van der Waals surface area contributed by atoms with Crippen molar-refractivity contribution in [1.29, 1.82) is 5.26 Å². The van der Waals surface area contributed by atoms with Gasteiger partial charge in [0.1, 0.15) is 6.07 Å². The third-order valence-corrected chi connectivity index (χ3v) is 2.96. The number of pyridine rings is 1. The fourth-order valence-electron chi connectivity index (χ4n) is 1.97. The lowest BCUT2D eigenvalue weighted by Gasteiger charge is -2.22. The van der Waals surface area contributed by atoms with Crippen LogP contribution in [0, 0.1) is 21.4 Å². The molecule has 0 amide bonds. The zero-order valence-electron chi connectivity index (χ0n) is 10.3. The van der Waals surface area contributed by atoms with Crippen LogP contribution in [0.3, 0.4) is 0 Å². The van der Waals surface area contributed by atoms with Crippen molar-refractivity contribution in [3.05, 3.63) is 27.9 Å². The van der Waals surface area contributed by atoms with Crippen molar-refractivity contribution in [2.75, 3.05) is 18.5 Å². The summed E-state index contributed by atoms with van der Waals surface area (Å²) in [5, 5.41) is 22.6.